The molecule has 0 saturated carbocycles. The monoisotopic (exact) mass is 676 g/mol. The van der Waals surface area contributed by atoms with Gasteiger partial charge in [-0.25, -0.2) is 0 Å². The molecular weight excluding hydrogens is 659 g/mol. The summed E-state index contributed by atoms with van der Waals surface area (Å²) < 4.78 is 242. The molecule has 0 unspecified atom stereocenters. The normalized spacial score (nSPS) is 21.5. The molecule has 0 aromatic carbocycles. The fourth-order valence-electron chi connectivity index (χ4n) is 3.61. The van der Waals surface area contributed by atoms with Crippen LogP contribution in [-0.2, 0) is 28.6 Å². The zero-order chi connectivity index (χ0) is 34.5. The van der Waals surface area contributed by atoms with Gasteiger partial charge in [-0.15, -0.1) is 0 Å². The van der Waals surface area contributed by atoms with Crippen molar-refractivity contribution in [2.45, 2.75) is 86.8 Å². The standard InChI is InChI=1S/C20H17F17O6/c1-3-41-9(38)7-12(10(39)42-4-2)5-8(43-11(12)40)6-13(21,22)14(23,24)15(25,26)16(27,28)17(29,30)18(31,32)19(33,34)20(35,36)37/h8H,3-7H2,1-2H3/t8-,12-/m0/s1. The minimum absolute atomic E-state index is 0.428. The van der Waals surface area contributed by atoms with Gasteiger partial charge in [0.1, 0.15) is 6.10 Å². The number of carbonyl (C=O) groups is 3. The predicted molar refractivity (Wildman–Crippen MR) is 100 cm³/mol. The van der Waals surface area contributed by atoms with Gasteiger partial charge in [0.2, 0.25) is 0 Å². The lowest BCUT2D eigenvalue weighted by Crippen LogP contribution is -2.74. The molecule has 252 valence electrons. The number of halogens is 17. The second-order valence-electron chi connectivity index (χ2n) is 8.87. The highest BCUT2D eigenvalue weighted by Gasteiger charge is 2.95. The number of hydrogen-bond acceptors (Lipinski definition) is 6. The third-order valence-electron chi connectivity index (χ3n) is 5.93. The fourth-order valence-corrected chi connectivity index (χ4v) is 3.61. The first-order valence-electron chi connectivity index (χ1n) is 11.1. The van der Waals surface area contributed by atoms with E-state index in [1.54, 1.807) is 0 Å². The van der Waals surface area contributed by atoms with E-state index in [0.29, 0.717) is 0 Å². The van der Waals surface area contributed by atoms with Gasteiger partial charge in [-0.3, -0.25) is 14.4 Å². The molecule has 2 atom stereocenters. The predicted octanol–water partition coefficient (Wildman–Crippen LogP) is 6.20. The van der Waals surface area contributed by atoms with Crippen LogP contribution in [-0.4, -0.2) is 84.9 Å². The van der Waals surface area contributed by atoms with Crippen molar-refractivity contribution in [1.29, 1.82) is 0 Å². The van der Waals surface area contributed by atoms with E-state index in [9.17, 15) is 89.0 Å². The van der Waals surface area contributed by atoms with Gasteiger partial charge in [0.15, 0.2) is 5.41 Å². The highest BCUT2D eigenvalue weighted by atomic mass is 19.4. The van der Waals surface area contributed by atoms with Gasteiger partial charge in [0.05, 0.1) is 26.1 Å². The lowest BCUT2D eigenvalue weighted by molar-refractivity contribution is -0.462. The van der Waals surface area contributed by atoms with E-state index >= 15 is 0 Å². The molecule has 0 radical (unpaired) electrons. The lowest BCUT2D eigenvalue weighted by atomic mass is 9.80. The van der Waals surface area contributed by atoms with Gasteiger partial charge in [-0.2, -0.15) is 74.6 Å². The van der Waals surface area contributed by atoms with E-state index in [4.69, 9.17) is 0 Å². The van der Waals surface area contributed by atoms with Crippen molar-refractivity contribution in [1.82, 2.24) is 0 Å². The van der Waals surface area contributed by atoms with Crippen molar-refractivity contribution in [3.8, 4) is 0 Å². The van der Waals surface area contributed by atoms with Crippen LogP contribution in [0.3, 0.4) is 0 Å². The molecular formula is C20H17F17O6. The summed E-state index contributed by atoms with van der Waals surface area (Å²) in [5.41, 5.74) is -3.00. The first kappa shape index (κ1) is 38.2. The SMILES string of the molecule is CCOC(=O)C[C@]1(C(=O)OCC)C[C@@H](CC(F)(F)C(F)(F)C(F)(F)C(F)(F)C(F)(F)C(F)(F)C(F)(F)C(F)(F)F)OC1=O. The third kappa shape index (κ3) is 5.75. The highest BCUT2D eigenvalue weighted by Crippen LogP contribution is 2.64. The summed E-state index contributed by atoms with van der Waals surface area (Å²) in [6.07, 6.45) is -17.0. The molecule has 0 aliphatic carbocycles. The van der Waals surface area contributed by atoms with E-state index in [-0.39, 0.29) is 0 Å². The van der Waals surface area contributed by atoms with Crippen LogP contribution in [0.4, 0.5) is 74.6 Å². The largest absolute Gasteiger partial charge is 0.466 e. The van der Waals surface area contributed by atoms with Gasteiger partial charge < -0.3 is 14.2 Å². The molecule has 1 aliphatic heterocycles. The summed E-state index contributed by atoms with van der Waals surface area (Å²) in [5, 5.41) is 0. The number of carbonyl (C=O) groups excluding carboxylic acids is 3. The highest BCUT2D eigenvalue weighted by molar-refractivity contribution is 6.04. The topological polar surface area (TPSA) is 78.9 Å². The Kier molecular flexibility index (Phi) is 10.0. The van der Waals surface area contributed by atoms with Crippen LogP contribution in [0, 0.1) is 5.41 Å². The molecule has 1 aliphatic rings. The number of hydrogen-bond donors (Lipinski definition) is 0. The Morgan fingerprint density at radius 3 is 1.49 bits per heavy atom. The molecule has 0 N–H and O–H groups in total. The van der Waals surface area contributed by atoms with E-state index in [1.165, 1.54) is 6.92 Å². The van der Waals surface area contributed by atoms with Gasteiger partial charge >= 0.3 is 65.5 Å². The Hall–Kier alpha value is -2.78. The maximum atomic E-state index is 14.4. The molecule has 6 nitrogen and oxygen atoms in total. The number of alkyl halides is 17. The summed E-state index contributed by atoms with van der Waals surface area (Å²) in [7, 11) is 0. The minimum Gasteiger partial charge on any atom is -0.466 e. The maximum Gasteiger partial charge on any atom is 0.460 e. The Bertz CT molecular complexity index is 1070. The van der Waals surface area contributed by atoms with Crippen LogP contribution in [0.25, 0.3) is 0 Å². The van der Waals surface area contributed by atoms with Crippen LogP contribution >= 0.6 is 0 Å². The smallest absolute Gasteiger partial charge is 0.460 e. The molecule has 0 spiro atoms. The molecule has 1 heterocycles. The van der Waals surface area contributed by atoms with Crippen molar-refractivity contribution in [2.24, 2.45) is 5.41 Å². The maximum absolute atomic E-state index is 14.4. The first-order valence-corrected chi connectivity index (χ1v) is 11.1. The summed E-state index contributed by atoms with van der Waals surface area (Å²) in [4.78, 5) is 36.4. The Morgan fingerprint density at radius 1 is 0.698 bits per heavy atom. The van der Waals surface area contributed by atoms with Crippen LogP contribution in [0.15, 0.2) is 0 Å². The summed E-state index contributed by atoms with van der Waals surface area (Å²) in [5.74, 6) is -63.1. The second-order valence-corrected chi connectivity index (χ2v) is 8.87. The van der Waals surface area contributed by atoms with E-state index in [2.05, 4.69) is 14.2 Å². The van der Waals surface area contributed by atoms with E-state index < -0.39 is 110 Å². The molecule has 43 heavy (non-hydrogen) atoms. The van der Waals surface area contributed by atoms with Crippen molar-refractivity contribution in [2.75, 3.05) is 13.2 Å². The summed E-state index contributed by atoms with van der Waals surface area (Å²) in [6.45, 7) is 1.26. The van der Waals surface area contributed by atoms with Crippen LogP contribution < -0.4 is 0 Å². The third-order valence-corrected chi connectivity index (χ3v) is 5.93. The van der Waals surface area contributed by atoms with Gasteiger partial charge in [0, 0.05) is 6.42 Å². The van der Waals surface area contributed by atoms with E-state index in [0.717, 1.165) is 6.92 Å². The quantitative estimate of drug-likeness (QED) is 0.100. The van der Waals surface area contributed by atoms with Crippen LogP contribution in [0.5, 0.6) is 0 Å². The van der Waals surface area contributed by atoms with Gasteiger partial charge in [-0.05, 0) is 13.8 Å². The van der Waals surface area contributed by atoms with Gasteiger partial charge in [0.25, 0.3) is 0 Å². The minimum atomic E-state index is -8.79. The molecule has 0 aromatic rings. The molecule has 1 rings (SSSR count). The average molecular weight is 676 g/mol. The van der Waals surface area contributed by atoms with E-state index in [1.807, 2.05) is 0 Å². The number of cyclic esters (lactones) is 1. The fraction of sp³-hybridized carbons (Fsp3) is 0.850. The first-order chi connectivity index (χ1) is 18.9. The number of esters is 3. The van der Waals surface area contributed by atoms with Crippen molar-refractivity contribution in [3.63, 3.8) is 0 Å². The zero-order valence-corrected chi connectivity index (χ0v) is 21.0. The second kappa shape index (κ2) is 11.3. The van der Waals surface area contributed by atoms with Crippen molar-refractivity contribution >= 4 is 17.9 Å². The van der Waals surface area contributed by atoms with Crippen LogP contribution in [0.1, 0.15) is 33.1 Å². The molecule has 23 heteroatoms. The summed E-state index contributed by atoms with van der Waals surface area (Å²) in [6, 6.07) is 0. The van der Waals surface area contributed by atoms with Crippen molar-refractivity contribution < 1.29 is 103 Å². The van der Waals surface area contributed by atoms with Crippen molar-refractivity contribution in [3.05, 3.63) is 0 Å². The molecule has 0 aromatic heterocycles. The number of rotatable bonds is 13. The molecule has 1 saturated heterocycles. The lowest BCUT2D eigenvalue weighted by Gasteiger charge is -2.43. The Balaban J connectivity index is 3.54. The van der Waals surface area contributed by atoms with Crippen LogP contribution in [0.2, 0.25) is 0 Å². The molecule has 1 fully saturated rings. The number of ether oxygens (including phenoxy) is 3. The van der Waals surface area contributed by atoms with Gasteiger partial charge in [-0.1, -0.05) is 0 Å². The Morgan fingerprint density at radius 2 is 1.09 bits per heavy atom. The summed E-state index contributed by atoms with van der Waals surface area (Å²) >= 11 is 0. The molecule has 0 bridgehead atoms. The zero-order valence-electron chi connectivity index (χ0n) is 21.0. The molecule has 0 amide bonds. The Labute approximate surface area is 227 Å². The average Bonchev–Trinajstić information content (AvgIpc) is 3.12.